The number of phosphoric acid groups is 1. The van der Waals surface area contributed by atoms with Gasteiger partial charge in [-0.05, 0) is 38.5 Å². The monoisotopic (exact) mass is 779 g/mol. The van der Waals surface area contributed by atoms with Gasteiger partial charge in [-0.2, -0.15) is 0 Å². The van der Waals surface area contributed by atoms with Crippen molar-refractivity contribution in [2.45, 2.75) is 205 Å². The summed E-state index contributed by atoms with van der Waals surface area (Å²) in [5.74, 6) is -3.21. The van der Waals surface area contributed by atoms with Crippen LogP contribution in [-0.4, -0.2) is 65.7 Å². The molecular formula is C40H77O10P. The number of allylic oxidation sites excluding steroid dienone is 2. The lowest BCUT2D eigenvalue weighted by Gasteiger charge is -2.20. The molecule has 0 rings (SSSR count). The number of ether oxygens (including phenoxy) is 2. The summed E-state index contributed by atoms with van der Waals surface area (Å²) in [6.07, 6.45) is -55.3. The number of hydrogen-bond donors (Lipinski definition) is 3. The molecule has 302 valence electrons. The minimum atomic E-state index is -5.20. The van der Waals surface area contributed by atoms with Crippen molar-refractivity contribution in [3.8, 4) is 0 Å². The van der Waals surface area contributed by atoms with Crippen molar-refractivity contribution in [1.82, 2.24) is 0 Å². The van der Waals surface area contributed by atoms with Gasteiger partial charge < -0.3 is 24.6 Å². The molecule has 10 nitrogen and oxygen atoms in total. The third-order valence-corrected chi connectivity index (χ3v) is 7.32. The zero-order chi connectivity index (χ0) is 64.4. The molecule has 0 spiro atoms. The minimum absolute atomic E-state index is 0.250. The molecule has 0 aliphatic carbocycles. The standard InChI is InChI=1S/C40H77O10P/c1-3-5-7-9-11-13-15-17-18-20-22-24-26-28-30-32-40(44)50-38(36-49-51(45,46)48-34-37(42)33-41)35-47-39(43)31-29-27-25-23-21-19-16-14-12-10-8-6-4-2/h17-18,37-38,41-42H,3-16,19-36H2,1-2H3,(H,45,46)/b18-17-/t37?,38-/m1/s1/i2D3,4D2,6D2,8D2,10D2,12D2,14D2,16D2,19D2,21D2,23D2,25D2,27D2,29D2,31D/t31?,37?,38-. The van der Waals surface area contributed by atoms with E-state index >= 15 is 0 Å². The highest BCUT2D eigenvalue weighted by atomic mass is 31.2. The van der Waals surface area contributed by atoms with Gasteiger partial charge in [-0.1, -0.05) is 154 Å². The fraction of sp³-hybridized carbons (Fsp3) is 0.900. The summed E-state index contributed by atoms with van der Waals surface area (Å²) >= 11 is 0. The van der Waals surface area contributed by atoms with E-state index in [2.05, 4.69) is 23.6 Å². The Morgan fingerprint density at radius 3 is 1.78 bits per heavy atom. The molecule has 0 radical (unpaired) electrons. The van der Waals surface area contributed by atoms with Gasteiger partial charge in [0.25, 0.3) is 0 Å². The number of aliphatic hydroxyl groups excluding tert-OH is 2. The molecule has 0 aromatic heterocycles. The Balaban J connectivity index is 6.68. The molecular weight excluding hydrogens is 671 g/mol. The minimum Gasteiger partial charge on any atom is -0.462 e. The predicted molar refractivity (Wildman–Crippen MR) is 205 cm³/mol. The molecule has 0 amide bonds. The molecule has 11 heteroatoms. The summed E-state index contributed by atoms with van der Waals surface area (Å²) in [6.45, 7) is -6.40. The first-order chi connectivity index (χ1) is 36.1. The van der Waals surface area contributed by atoms with Crippen molar-refractivity contribution >= 4 is 19.8 Å². The third-order valence-electron chi connectivity index (χ3n) is 6.37. The Morgan fingerprint density at radius 2 is 1.22 bits per heavy atom. The van der Waals surface area contributed by atoms with Gasteiger partial charge in [-0.15, -0.1) is 0 Å². The van der Waals surface area contributed by atoms with Crippen molar-refractivity contribution in [3.05, 3.63) is 12.2 Å². The van der Waals surface area contributed by atoms with Gasteiger partial charge >= 0.3 is 19.8 Å². The summed E-state index contributed by atoms with van der Waals surface area (Å²) < 4.78 is 277. The van der Waals surface area contributed by atoms with Gasteiger partial charge in [0, 0.05) is 53.9 Å². The van der Waals surface area contributed by atoms with Crippen molar-refractivity contribution in [2.24, 2.45) is 0 Å². The van der Waals surface area contributed by atoms with Gasteiger partial charge in [0.2, 0.25) is 0 Å². The second-order valence-corrected chi connectivity index (χ2v) is 12.2. The SMILES string of the molecule is [2H]C(C(=O)OC[C@H](COP(=O)(O)OCC(O)CO)OC(=O)CCCCCCC/C=C\CCCCCCCC)C([2H])([2H])C([2H])([2H])C([2H])([2H])C([2H])([2H])C([2H])([2H])C([2H])([2H])C([2H])([2H])C([2H])([2H])C([2H])([2H])C([2H])([2H])C([2H])([2H])C([2H])([2H])C([2H])([2H])C([2H])([2H])[2H]. The average molecular weight is 779 g/mol. The number of aliphatic hydroxyl groups is 2. The topological polar surface area (TPSA) is 149 Å². The van der Waals surface area contributed by atoms with Crippen LogP contribution in [0.1, 0.15) is 234 Å². The summed E-state index contributed by atoms with van der Waals surface area (Å²) in [4.78, 5) is 36.2. The first-order valence-corrected chi connectivity index (χ1v) is 18.4. The van der Waals surface area contributed by atoms with E-state index in [1.54, 1.807) is 0 Å². The maximum atomic E-state index is 13.3. The Hall–Kier alpha value is -1.29. The van der Waals surface area contributed by atoms with E-state index in [0.29, 0.717) is 12.8 Å². The zero-order valence-corrected chi connectivity index (χ0v) is 30.2. The van der Waals surface area contributed by atoms with Crippen molar-refractivity contribution in [2.75, 3.05) is 26.4 Å². The van der Waals surface area contributed by atoms with E-state index < -0.39 is 154 Å². The molecule has 0 saturated carbocycles. The molecule has 0 aromatic carbocycles. The van der Waals surface area contributed by atoms with E-state index in [4.69, 9.17) is 60.2 Å². The largest absolute Gasteiger partial charge is 0.472 e. The van der Waals surface area contributed by atoms with E-state index in [9.17, 15) is 24.2 Å². The van der Waals surface area contributed by atoms with Gasteiger partial charge in [-0.25, -0.2) is 4.57 Å². The van der Waals surface area contributed by atoms with E-state index in [1.807, 2.05) is 0 Å². The molecule has 3 unspecified atom stereocenters. The van der Waals surface area contributed by atoms with Crippen LogP contribution in [0.2, 0.25) is 0 Å². The van der Waals surface area contributed by atoms with Crippen molar-refractivity contribution in [3.63, 3.8) is 0 Å². The molecule has 3 N–H and O–H groups in total. The number of rotatable bonds is 39. The molecule has 0 aliphatic rings. The number of carbonyl (C=O) groups is 2. The summed E-state index contributed by atoms with van der Waals surface area (Å²) in [6, 6.07) is 0. The lowest BCUT2D eigenvalue weighted by Crippen LogP contribution is -2.29. The maximum absolute atomic E-state index is 13.3. The van der Waals surface area contributed by atoms with Gasteiger partial charge in [-0.3, -0.25) is 18.6 Å². The first kappa shape index (κ1) is 19.0. The smallest absolute Gasteiger partial charge is 0.462 e. The van der Waals surface area contributed by atoms with E-state index in [1.165, 1.54) is 32.1 Å². The van der Waals surface area contributed by atoms with Crippen LogP contribution in [0, 0.1) is 0 Å². The van der Waals surface area contributed by atoms with Crippen LogP contribution in [0.15, 0.2) is 12.2 Å². The van der Waals surface area contributed by atoms with E-state index in [-0.39, 0.29) is 12.8 Å². The highest BCUT2D eigenvalue weighted by Gasteiger charge is 2.27. The van der Waals surface area contributed by atoms with Crippen LogP contribution >= 0.6 is 7.82 Å². The van der Waals surface area contributed by atoms with Gasteiger partial charge in [0.05, 0.1) is 19.8 Å². The van der Waals surface area contributed by atoms with Gasteiger partial charge in [0.15, 0.2) is 6.10 Å². The number of hydrogen-bond acceptors (Lipinski definition) is 9. The lowest BCUT2D eigenvalue weighted by atomic mass is 10.0. The molecule has 0 aliphatic heterocycles. The van der Waals surface area contributed by atoms with Crippen molar-refractivity contribution in [1.29, 1.82) is 0 Å². The summed E-state index contributed by atoms with van der Waals surface area (Å²) in [5, 5.41) is 18.5. The van der Waals surface area contributed by atoms with Crippen LogP contribution < -0.4 is 0 Å². The zero-order valence-electron chi connectivity index (χ0n) is 59.3. The molecule has 0 saturated heterocycles. The average Bonchev–Trinajstić information content (AvgIpc) is 3.33. The Morgan fingerprint density at radius 1 is 0.706 bits per heavy atom. The second kappa shape index (κ2) is 37.0. The number of esters is 2. The van der Waals surface area contributed by atoms with E-state index in [0.717, 1.165) is 32.1 Å². The maximum Gasteiger partial charge on any atom is 0.472 e. The Labute approximate surface area is 353 Å². The molecule has 0 bridgehead atoms. The quantitative estimate of drug-likeness (QED) is 0.0238. The highest BCUT2D eigenvalue weighted by molar-refractivity contribution is 7.47. The molecule has 51 heavy (non-hydrogen) atoms. The lowest BCUT2D eigenvalue weighted by molar-refractivity contribution is -0.161. The third kappa shape index (κ3) is 36.8. The van der Waals surface area contributed by atoms with Crippen LogP contribution in [0.25, 0.3) is 0 Å². The summed E-state index contributed by atoms with van der Waals surface area (Å²) in [7, 11) is -5.17. The predicted octanol–water partition coefficient (Wildman–Crippen LogP) is 10.4. The molecule has 0 fully saturated rings. The highest BCUT2D eigenvalue weighted by Crippen LogP contribution is 2.43. The van der Waals surface area contributed by atoms with Crippen LogP contribution in [0.3, 0.4) is 0 Å². The Bertz CT molecular complexity index is 2070. The summed E-state index contributed by atoms with van der Waals surface area (Å²) in [5.41, 5.74) is 0. The van der Waals surface area contributed by atoms with Crippen LogP contribution in [0.4, 0.5) is 0 Å². The molecule has 0 heterocycles. The fourth-order valence-electron chi connectivity index (χ4n) is 3.81. The molecule has 0 aromatic rings. The number of unbranched alkanes of at least 4 members (excludes halogenated alkanes) is 11. The fourth-order valence-corrected chi connectivity index (χ4v) is 4.60. The normalized spacial score (nSPS) is 27.3. The first-order valence-electron chi connectivity index (χ1n) is 32.0. The Kier molecular flexibility index (Phi) is 13.8. The number of carbonyl (C=O) groups excluding carboxylic acids is 2. The van der Waals surface area contributed by atoms with Crippen LogP contribution in [0.5, 0.6) is 0 Å². The molecule has 4 atom stereocenters. The van der Waals surface area contributed by atoms with Gasteiger partial charge in [0.1, 0.15) is 12.7 Å². The number of phosphoric ester groups is 1. The second-order valence-electron chi connectivity index (χ2n) is 10.8. The van der Waals surface area contributed by atoms with Crippen LogP contribution in [-0.2, 0) is 32.7 Å². The van der Waals surface area contributed by atoms with Crippen molar-refractivity contribution < 1.29 is 88.9 Å².